The van der Waals surface area contributed by atoms with Crippen LogP contribution in [0.5, 0.6) is 17.2 Å². The van der Waals surface area contributed by atoms with Crippen molar-refractivity contribution in [2.24, 2.45) is 0 Å². The molecule has 0 spiro atoms. The van der Waals surface area contributed by atoms with Crippen molar-refractivity contribution in [3.8, 4) is 17.2 Å². The minimum absolute atomic E-state index is 0.0327. The highest BCUT2D eigenvalue weighted by Crippen LogP contribution is 2.36. The molecule has 10 nitrogen and oxygen atoms in total. The molecule has 10 heteroatoms. The lowest BCUT2D eigenvalue weighted by Crippen LogP contribution is -2.54. The second-order valence-corrected chi connectivity index (χ2v) is 6.40. The number of urea groups is 1. The third-order valence-electron chi connectivity index (χ3n) is 4.51. The van der Waals surface area contributed by atoms with Gasteiger partial charge in [-0.3, -0.25) is 14.9 Å². The molecule has 2 aliphatic rings. The van der Waals surface area contributed by atoms with Crippen LogP contribution < -0.4 is 24.4 Å². The van der Waals surface area contributed by atoms with Crippen LogP contribution >= 0.6 is 0 Å². The molecular formula is C21H16N2O8. The van der Waals surface area contributed by atoms with Crippen LogP contribution in [0.4, 0.5) is 10.5 Å². The summed E-state index contributed by atoms with van der Waals surface area (Å²) in [5.41, 5.74) is 0.289. The number of rotatable bonds is 5. The van der Waals surface area contributed by atoms with Gasteiger partial charge in [-0.1, -0.05) is 18.2 Å². The van der Waals surface area contributed by atoms with Crippen LogP contribution in [0.1, 0.15) is 5.56 Å². The maximum atomic E-state index is 13.1. The molecule has 1 saturated heterocycles. The summed E-state index contributed by atoms with van der Waals surface area (Å²) >= 11 is 0. The Morgan fingerprint density at radius 3 is 2.71 bits per heavy atom. The van der Waals surface area contributed by atoms with Gasteiger partial charge in [0.05, 0.1) is 12.8 Å². The Morgan fingerprint density at radius 1 is 1.13 bits per heavy atom. The lowest BCUT2D eigenvalue weighted by Gasteiger charge is -2.26. The van der Waals surface area contributed by atoms with E-state index in [4.69, 9.17) is 14.2 Å². The monoisotopic (exact) mass is 424 g/mol. The van der Waals surface area contributed by atoms with E-state index in [0.29, 0.717) is 17.1 Å². The van der Waals surface area contributed by atoms with Gasteiger partial charge < -0.3 is 18.9 Å². The number of ether oxygens (including phenoxy) is 4. The highest BCUT2D eigenvalue weighted by molar-refractivity contribution is 6.39. The van der Waals surface area contributed by atoms with Crippen molar-refractivity contribution in [2.45, 2.75) is 0 Å². The molecule has 2 aromatic carbocycles. The first-order valence-electron chi connectivity index (χ1n) is 9.07. The molecule has 0 radical (unpaired) electrons. The molecule has 1 fully saturated rings. The number of fused-ring (bicyclic) bond motifs is 1. The number of anilines is 1. The number of nitrogens with one attached hydrogen (secondary N) is 1. The summed E-state index contributed by atoms with van der Waals surface area (Å²) in [5, 5.41) is 2.15. The van der Waals surface area contributed by atoms with Crippen molar-refractivity contribution in [3.63, 3.8) is 0 Å². The quantitative estimate of drug-likeness (QED) is 0.437. The highest BCUT2D eigenvalue weighted by Gasteiger charge is 2.37. The normalized spacial score (nSPS) is 16.4. The number of carbonyl (C=O) groups excluding carboxylic acids is 4. The Labute approximate surface area is 175 Å². The maximum Gasteiger partial charge on any atom is 0.343 e. The fourth-order valence-electron chi connectivity index (χ4n) is 3.00. The number of nitrogens with zero attached hydrogens (tertiary/aromatic N) is 1. The summed E-state index contributed by atoms with van der Waals surface area (Å²) in [6.07, 6.45) is 1.29. The van der Waals surface area contributed by atoms with Crippen LogP contribution in [0.15, 0.2) is 48.0 Å². The van der Waals surface area contributed by atoms with Crippen LogP contribution in [-0.2, 0) is 19.1 Å². The summed E-state index contributed by atoms with van der Waals surface area (Å²) in [6.45, 7) is -0.316. The number of para-hydroxylation sites is 1. The molecule has 1 N–H and O–H groups in total. The second-order valence-electron chi connectivity index (χ2n) is 6.40. The molecule has 0 bridgehead atoms. The Bertz CT molecular complexity index is 1120. The Hall–Kier alpha value is -4.34. The largest absolute Gasteiger partial charge is 0.481 e. The van der Waals surface area contributed by atoms with E-state index in [1.807, 2.05) is 0 Å². The average molecular weight is 424 g/mol. The van der Waals surface area contributed by atoms with E-state index in [1.165, 1.54) is 25.3 Å². The van der Waals surface area contributed by atoms with Crippen molar-refractivity contribution in [3.05, 3.63) is 53.6 Å². The lowest BCUT2D eigenvalue weighted by molar-refractivity contribution is -0.143. The first kappa shape index (κ1) is 20.0. The molecule has 2 heterocycles. The van der Waals surface area contributed by atoms with Crippen LogP contribution in [0.2, 0.25) is 0 Å². The van der Waals surface area contributed by atoms with Gasteiger partial charge in [0.25, 0.3) is 11.8 Å². The van der Waals surface area contributed by atoms with E-state index in [-0.39, 0.29) is 30.4 Å². The number of methoxy groups -OCH3 is 1. The van der Waals surface area contributed by atoms with Gasteiger partial charge in [-0.05, 0) is 24.3 Å². The topological polar surface area (TPSA) is 120 Å². The first-order valence-corrected chi connectivity index (χ1v) is 9.07. The fourth-order valence-corrected chi connectivity index (χ4v) is 3.00. The molecule has 0 saturated carbocycles. The summed E-state index contributed by atoms with van der Waals surface area (Å²) in [5.74, 6) is -1.15. The van der Waals surface area contributed by atoms with E-state index < -0.39 is 23.8 Å². The van der Waals surface area contributed by atoms with E-state index in [9.17, 15) is 19.2 Å². The number of carbonyl (C=O) groups is 4. The molecule has 2 aliphatic heterocycles. The molecular weight excluding hydrogens is 408 g/mol. The molecule has 0 atom stereocenters. The van der Waals surface area contributed by atoms with Crippen LogP contribution in [0.25, 0.3) is 6.08 Å². The maximum absolute atomic E-state index is 13.1. The highest BCUT2D eigenvalue weighted by atomic mass is 16.7. The van der Waals surface area contributed by atoms with Crippen molar-refractivity contribution in [2.75, 3.05) is 25.4 Å². The molecule has 158 valence electrons. The number of esters is 1. The Kier molecular flexibility index (Phi) is 5.27. The van der Waals surface area contributed by atoms with E-state index in [1.54, 1.807) is 30.3 Å². The molecule has 4 rings (SSSR count). The predicted octanol–water partition coefficient (Wildman–Crippen LogP) is 1.63. The SMILES string of the molecule is COC(=O)COc1ccccc1/C=C1\C(=O)NC(=O)N(c2ccc3c(c2)OCO3)C1=O. The Morgan fingerprint density at radius 2 is 1.90 bits per heavy atom. The number of hydrogen-bond donors (Lipinski definition) is 1. The number of benzene rings is 2. The van der Waals surface area contributed by atoms with Crippen molar-refractivity contribution in [1.82, 2.24) is 5.32 Å². The molecule has 0 unspecified atom stereocenters. The van der Waals surface area contributed by atoms with Gasteiger partial charge in [0, 0.05) is 11.6 Å². The number of hydrogen-bond acceptors (Lipinski definition) is 8. The summed E-state index contributed by atoms with van der Waals surface area (Å²) < 4.78 is 20.5. The zero-order valence-corrected chi connectivity index (χ0v) is 16.2. The predicted molar refractivity (Wildman–Crippen MR) is 106 cm³/mol. The minimum Gasteiger partial charge on any atom is -0.481 e. The molecule has 2 aromatic rings. The van der Waals surface area contributed by atoms with Gasteiger partial charge in [0.1, 0.15) is 11.3 Å². The van der Waals surface area contributed by atoms with Gasteiger partial charge in [-0.15, -0.1) is 0 Å². The zero-order chi connectivity index (χ0) is 22.0. The Balaban J connectivity index is 1.66. The molecule has 0 aromatic heterocycles. The second kappa shape index (κ2) is 8.19. The van der Waals surface area contributed by atoms with E-state index in [2.05, 4.69) is 10.1 Å². The standard InChI is InChI=1S/C21H16N2O8/c1-28-18(24)10-29-15-5-3-2-4-12(15)8-14-19(25)22-21(27)23(20(14)26)13-6-7-16-17(9-13)31-11-30-16/h2-9H,10-11H2,1H3,(H,22,25,27)/b14-8+. The number of barbiturate groups is 1. The summed E-state index contributed by atoms with van der Waals surface area (Å²) in [6, 6.07) is 10.2. The minimum atomic E-state index is -0.888. The fraction of sp³-hybridized carbons (Fsp3) is 0.143. The van der Waals surface area contributed by atoms with Crippen LogP contribution in [0, 0.1) is 0 Å². The van der Waals surface area contributed by atoms with Gasteiger partial charge in [-0.2, -0.15) is 0 Å². The van der Waals surface area contributed by atoms with E-state index in [0.717, 1.165) is 4.90 Å². The lowest BCUT2D eigenvalue weighted by atomic mass is 10.1. The zero-order valence-electron chi connectivity index (χ0n) is 16.2. The van der Waals surface area contributed by atoms with Crippen LogP contribution in [-0.4, -0.2) is 44.3 Å². The molecule has 0 aliphatic carbocycles. The molecule has 4 amide bonds. The summed E-state index contributed by atoms with van der Waals surface area (Å²) in [7, 11) is 1.23. The summed E-state index contributed by atoms with van der Waals surface area (Å²) in [4.78, 5) is 50.0. The van der Waals surface area contributed by atoms with Crippen LogP contribution in [0.3, 0.4) is 0 Å². The van der Waals surface area contributed by atoms with Gasteiger partial charge in [-0.25, -0.2) is 14.5 Å². The molecule has 31 heavy (non-hydrogen) atoms. The smallest absolute Gasteiger partial charge is 0.343 e. The van der Waals surface area contributed by atoms with Gasteiger partial charge in [0.2, 0.25) is 6.79 Å². The van der Waals surface area contributed by atoms with Crippen molar-refractivity contribution in [1.29, 1.82) is 0 Å². The van der Waals surface area contributed by atoms with Crippen molar-refractivity contribution >= 4 is 35.6 Å². The van der Waals surface area contributed by atoms with Gasteiger partial charge in [0.15, 0.2) is 18.1 Å². The number of amides is 4. The van der Waals surface area contributed by atoms with E-state index >= 15 is 0 Å². The first-order chi connectivity index (χ1) is 15.0. The third-order valence-corrected chi connectivity index (χ3v) is 4.51. The third kappa shape index (κ3) is 3.90. The number of imide groups is 2. The average Bonchev–Trinajstić information content (AvgIpc) is 3.23. The van der Waals surface area contributed by atoms with Crippen molar-refractivity contribution < 1.29 is 38.1 Å². The van der Waals surface area contributed by atoms with Gasteiger partial charge >= 0.3 is 12.0 Å².